The highest BCUT2D eigenvalue weighted by Gasteiger charge is 2.21. The number of aliphatic hydroxyl groups is 1. The summed E-state index contributed by atoms with van der Waals surface area (Å²) in [5.41, 5.74) is 9.42. The van der Waals surface area contributed by atoms with Crippen LogP contribution in [0.3, 0.4) is 0 Å². The van der Waals surface area contributed by atoms with Crippen molar-refractivity contribution in [3.63, 3.8) is 0 Å². The number of benzene rings is 2. The lowest BCUT2D eigenvalue weighted by Crippen LogP contribution is -2.34. The summed E-state index contributed by atoms with van der Waals surface area (Å²) in [7, 11) is 0. The molecule has 0 bridgehead atoms. The summed E-state index contributed by atoms with van der Waals surface area (Å²) in [5, 5.41) is 12.3. The van der Waals surface area contributed by atoms with E-state index in [2.05, 4.69) is 10.3 Å². The molecule has 0 spiro atoms. The highest BCUT2D eigenvalue weighted by Crippen LogP contribution is 2.22. The Balaban J connectivity index is 1.33. The van der Waals surface area contributed by atoms with Gasteiger partial charge in [0, 0.05) is 55.0 Å². The molecule has 2 aliphatic heterocycles. The standard InChI is InChI=1S/C25H29N5O4/c26-24-21-8-5-19(15-18(21)16-27-24)28-22(32)9-10-23(33)30(13-14-31)20-6-3-17(4-7-20)25(34)29-11-1-2-12-29/h3-8,15,31H,1-2,9-14,16H2,(H2,26,27)(H,28,32). The van der Waals surface area contributed by atoms with Crippen molar-refractivity contribution in [2.45, 2.75) is 32.2 Å². The zero-order chi connectivity index (χ0) is 24.1. The lowest BCUT2D eigenvalue weighted by atomic mass is 10.1. The summed E-state index contributed by atoms with van der Waals surface area (Å²) < 4.78 is 0. The molecule has 1 saturated heterocycles. The highest BCUT2D eigenvalue weighted by atomic mass is 16.3. The minimum atomic E-state index is -0.282. The molecular weight excluding hydrogens is 434 g/mol. The Morgan fingerprint density at radius 1 is 1.06 bits per heavy atom. The van der Waals surface area contributed by atoms with Gasteiger partial charge in [-0.25, -0.2) is 0 Å². The van der Waals surface area contributed by atoms with Crippen LogP contribution < -0.4 is 16.0 Å². The number of carbonyl (C=O) groups excluding carboxylic acids is 3. The molecule has 0 saturated carbocycles. The molecule has 0 aliphatic carbocycles. The molecule has 2 aliphatic rings. The number of anilines is 2. The molecule has 4 rings (SSSR count). The van der Waals surface area contributed by atoms with Crippen LogP contribution in [0, 0.1) is 0 Å². The van der Waals surface area contributed by atoms with Crippen molar-refractivity contribution < 1.29 is 19.5 Å². The van der Waals surface area contributed by atoms with E-state index in [9.17, 15) is 19.5 Å². The van der Waals surface area contributed by atoms with Crippen molar-refractivity contribution in [1.82, 2.24) is 4.90 Å². The Labute approximate surface area is 198 Å². The lowest BCUT2D eigenvalue weighted by molar-refractivity contribution is -0.122. The second kappa shape index (κ2) is 10.5. The second-order valence-corrected chi connectivity index (χ2v) is 8.44. The number of nitrogens with one attached hydrogen (secondary N) is 1. The molecule has 9 nitrogen and oxygen atoms in total. The smallest absolute Gasteiger partial charge is 0.253 e. The van der Waals surface area contributed by atoms with E-state index in [-0.39, 0.29) is 43.7 Å². The normalized spacial score (nSPS) is 14.5. The number of aliphatic imine (C=N–C) groups is 1. The number of hydrogen-bond acceptors (Lipinski definition) is 6. The maximum atomic E-state index is 12.8. The number of nitrogens with two attached hydrogens (primary N) is 1. The molecule has 178 valence electrons. The molecule has 3 amide bonds. The van der Waals surface area contributed by atoms with Gasteiger partial charge in [-0.05, 0) is 60.9 Å². The summed E-state index contributed by atoms with van der Waals surface area (Å²) in [6, 6.07) is 12.2. The Morgan fingerprint density at radius 3 is 2.50 bits per heavy atom. The van der Waals surface area contributed by atoms with E-state index in [4.69, 9.17) is 5.73 Å². The van der Waals surface area contributed by atoms with Gasteiger partial charge in [0.15, 0.2) is 0 Å². The molecule has 9 heteroatoms. The number of likely N-dealkylation sites (tertiary alicyclic amines) is 1. The summed E-state index contributed by atoms with van der Waals surface area (Å²) >= 11 is 0. The summed E-state index contributed by atoms with van der Waals surface area (Å²) in [6.07, 6.45) is 2.03. The van der Waals surface area contributed by atoms with Crippen LogP contribution in [0.5, 0.6) is 0 Å². The van der Waals surface area contributed by atoms with E-state index in [1.165, 1.54) is 4.90 Å². The number of nitrogens with zero attached hydrogens (tertiary/aromatic N) is 3. The maximum absolute atomic E-state index is 12.8. The van der Waals surface area contributed by atoms with Gasteiger partial charge in [-0.3, -0.25) is 19.4 Å². The fourth-order valence-corrected chi connectivity index (χ4v) is 4.27. The van der Waals surface area contributed by atoms with Crippen molar-refractivity contribution in [2.75, 3.05) is 36.5 Å². The average molecular weight is 464 g/mol. The predicted octanol–water partition coefficient (Wildman–Crippen LogP) is 1.89. The van der Waals surface area contributed by atoms with Crippen molar-refractivity contribution >= 4 is 34.9 Å². The third-order valence-electron chi connectivity index (χ3n) is 6.09. The first kappa shape index (κ1) is 23.4. The van der Waals surface area contributed by atoms with Crippen molar-refractivity contribution in [3.8, 4) is 0 Å². The number of rotatable bonds is 8. The molecule has 2 aromatic rings. The molecule has 0 atom stereocenters. The number of amidine groups is 1. The summed E-state index contributed by atoms with van der Waals surface area (Å²) in [4.78, 5) is 45.2. The van der Waals surface area contributed by atoms with Crippen LogP contribution >= 0.6 is 0 Å². The lowest BCUT2D eigenvalue weighted by Gasteiger charge is -2.22. The minimum Gasteiger partial charge on any atom is -0.395 e. The van der Waals surface area contributed by atoms with Crippen LogP contribution in [0.2, 0.25) is 0 Å². The van der Waals surface area contributed by atoms with Gasteiger partial charge in [0.1, 0.15) is 5.84 Å². The van der Waals surface area contributed by atoms with E-state index in [1.54, 1.807) is 30.3 Å². The number of fused-ring (bicyclic) bond motifs is 1. The first-order valence-corrected chi connectivity index (χ1v) is 11.5. The van der Waals surface area contributed by atoms with Crippen LogP contribution in [0.1, 0.15) is 47.2 Å². The number of amides is 3. The molecule has 0 unspecified atom stereocenters. The highest BCUT2D eigenvalue weighted by molar-refractivity contribution is 6.02. The van der Waals surface area contributed by atoms with E-state index < -0.39 is 0 Å². The SMILES string of the molecule is NC1=NCc2cc(NC(=O)CCC(=O)N(CCO)c3ccc(C(=O)N4CCCC4)cc3)ccc21. The molecule has 0 aromatic heterocycles. The van der Waals surface area contributed by atoms with Crippen LogP contribution in [0.15, 0.2) is 47.5 Å². The monoisotopic (exact) mass is 463 g/mol. The summed E-state index contributed by atoms with van der Waals surface area (Å²) in [6.45, 7) is 1.91. The Hall–Kier alpha value is -3.72. The van der Waals surface area contributed by atoms with E-state index in [0.29, 0.717) is 29.3 Å². The quantitative estimate of drug-likeness (QED) is 0.551. The van der Waals surface area contributed by atoms with E-state index in [1.807, 2.05) is 17.0 Å². The third-order valence-corrected chi connectivity index (χ3v) is 6.09. The van der Waals surface area contributed by atoms with Gasteiger partial charge in [-0.2, -0.15) is 0 Å². The van der Waals surface area contributed by atoms with Gasteiger partial charge >= 0.3 is 0 Å². The minimum absolute atomic E-state index is 0.00200. The summed E-state index contributed by atoms with van der Waals surface area (Å²) in [5.74, 6) is -0.0777. The van der Waals surface area contributed by atoms with Gasteiger partial charge in [-0.1, -0.05) is 0 Å². The largest absolute Gasteiger partial charge is 0.395 e. The molecule has 0 radical (unpaired) electrons. The van der Waals surface area contributed by atoms with Crippen LogP contribution in [0.25, 0.3) is 0 Å². The van der Waals surface area contributed by atoms with Crippen LogP contribution in [0.4, 0.5) is 11.4 Å². The van der Waals surface area contributed by atoms with Gasteiger partial charge in [0.25, 0.3) is 5.91 Å². The fraction of sp³-hybridized carbons (Fsp3) is 0.360. The van der Waals surface area contributed by atoms with Gasteiger partial charge in [0.2, 0.25) is 11.8 Å². The van der Waals surface area contributed by atoms with E-state index in [0.717, 1.165) is 37.1 Å². The third kappa shape index (κ3) is 5.26. The predicted molar refractivity (Wildman–Crippen MR) is 130 cm³/mol. The van der Waals surface area contributed by atoms with Crippen LogP contribution in [-0.2, 0) is 16.1 Å². The van der Waals surface area contributed by atoms with Gasteiger partial charge < -0.3 is 26.0 Å². The average Bonchev–Trinajstić information content (AvgIpc) is 3.51. The fourth-order valence-electron chi connectivity index (χ4n) is 4.27. The van der Waals surface area contributed by atoms with Gasteiger partial charge in [0.05, 0.1) is 13.2 Å². The van der Waals surface area contributed by atoms with Crippen molar-refractivity contribution in [1.29, 1.82) is 0 Å². The topological polar surface area (TPSA) is 128 Å². The number of aliphatic hydroxyl groups excluding tert-OH is 1. The van der Waals surface area contributed by atoms with Crippen LogP contribution in [-0.4, -0.2) is 59.8 Å². The van der Waals surface area contributed by atoms with Crippen molar-refractivity contribution in [3.05, 3.63) is 59.2 Å². The number of carbonyl (C=O) groups is 3. The van der Waals surface area contributed by atoms with Crippen molar-refractivity contribution in [2.24, 2.45) is 10.7 Å². The Kier molecular flexibility index (Phi) is 7.22. The molecule has 34 heavy (non-hydrogen) atoms. The zero-order valence-electron chi connectivity index (χ0n) is 19.0. The van der Waals surface area contributed by atoms with E-state index >= 15 is 0 Å². The Bertz CT molecular complexity index is 1110. The molecule has 1 fully saturated rings. The molecule has 2 aromatic carbocycles. The molecule has 4 N–H and O–H groups in total. The maximum Gasteiger partial charge on any atom is 0.253 e. The van der Waals surface area contributed by atoms with Gasteiger partial charge in [-0.15, -0.1) is 0 Å². The second-order valence-electron chi connectivity index (χ2n) is 8.44. The Morgan fingerprint density at radius 2 is 1.79 bits per heavy atom. The molecule has 2 heterocycles. The first-order valence-electron chi connectivity index (χ1n) is 11.5. The first-order chi connectivity index (χ1) is 16.5. The zero-order valence-corrected chi connectivity index (χ0v) is 19.0. The molecular formula is C25H29N5O4. The number of hydrogen-bond donors (Lipinski definition) is 3.